The van der Waals surface area contributed by atoms with E-state index < -0.39 is 18.9 Å². The van der Waals surface area contributed by atoms with Crippen molar-refractivity contribution >= 4 is 29.3 Å². The van der Waals surface area contributed by atoms with E-state index >= 15 is 0 Å². The fourth-order valence-electron chi connectivity index (χ4n) is 2.28. The highest BCUT2D eigenvalue weighted by Crippen LogP contribution is 2.35. The summed E-state index contributed by atoms with van der Waals surface area (Å²) in [6.07, 6.45) is -4.18. The fraction of sp³-hybridized carbons (Fsp3) is 0.462. The standard InChI is InChI=1S/C13H12Cl2F3NO2/c14-9-4-3-8(6-10(9)15)11-2-1-5-19(11)12(20)21-7-13(16,17)18/h3-4,6,11H,1-2,5,7H2. The average Bonchev–Trinajstić information content (AvgIpc) is 2.87. The zero-order valence-corrected chi connectivity index (χ0v) is 12.3. The molecule has 1 aliphatic rings. The second kappa shape index (κ2) is 6.32. The van der Waals surface area contributed by atoms with Crippen LogP contribution in [0.25, 0.3) is 0 Å². The van der Waals surface area contributed by atoms with Gasteiger partial charge < -0.3 is 9.64 Å². The summed E-state index contributed by atoms with van der Waals surface area (Å²) in [5.74, 6) is 0. The SMILES string of the molecule is O=C(OCC(F)(F)F)N1CCCC1c1ccc(Cl)c(Cl)c1. The molecule has 3 nitrogen and oxygen atoms in total. The molecule has 1 aliphatic heterocycles. The second-order valence-electron chi connectivity index (χ2n) is 4.69. The first-order chi connectivity index (χ1) is 9.78. The summed E-state index contributed by atoms with van der Waals surface area (Å²) in [5.41, 5.74) is 0.728. The zero-order chi connectivity index (χ0) is 15.6. The summed E-state index contributed by atoms with van der Waals surface area (Å²) < 4.78 is 40.6. The maximum Gasteiger partial charge on any atom is 0.422 e. The number of hydrogen-bond donors (Lipinski definition) is 0. The minimum atomic E-state index is -4.53. The molecule has 116 valence electrons. The molecule has 8 heteroatoms. The molecule has 0 N–H and O–H groups in total. The van der Waals surface area contributed by atoms with Gasteiger partial charge in [-0.05, 0) is 30.5 Å². The number of carbonyl (C=O) groups is 1. The summed E-state index contributed by atoms with van der Waals surface area (Å²) in [7, 11) is 0. The van der Waals surface area contributed by atoms with Gasteiger partial charge in [-0.15, -0.1) is 0 Å². The molecule has 0 saturated carbocycles. The fourth-order valence-corrected chi connectivity index (χ4v) is 2.58. The maximum atomic E-state index is 12.1. The van der Waals surface area contributed by atoms with Crippen molar-refractivity contribution in [2.45, 2.75) is 25.1 Å². The predicted octanol–water partition coefficient (Wildman–Crippen LogP) is 4.83. The quantitative estimate of drug-likeness (QED) is 0.771. The van der Waals surface area contributed by atoms with Crippen LogP contribution in [-0.4, -0.2) is 30.3 Å². The van der Waals surface area contributed by atoms with E-state index in [-0.39, 0.29) is 6.04 Å². The van der Waals surface area contributed by atoms with Gasteiger partial charge in [-0.25, -0.2) is 4.79 Å². The van der Waals surface area contributed by atoms with Crippen molar-refractivity contribution in [1.82, 2.24) is 4.90 Å². The van der Waals surface area contributed by atoms with Crippen LogP contribution >= 0.6 is 23.2 Å². The predicted molar refractivity (Wildman–Crippen MR) is 72.5 cm³/mol. The first-order valence-electron chi connectivity index (χ1n) is 6.23. The van der Waals surface area contributed by atoms with Gasteiger partial charge in [0.25, 0.3) is 0 Å². The van der Waals surface area contributed by atoms with Gasteiger partial charge in [0.15, 0.2) is 6.61 Å². The molecule has 0 aliphatic carbocycles. The van der Waals surface area contributed by atoms with Crippen molar-refractivity contribution in [3.05, 3.63) is 33.8 Å². The van der Waals surface area contributed by atoms with Crippen LogP contribution in [0.1, 0.15) is 24.4 Å². The minimum absolute atomic E-state index is 0.338. The highest BCUT2D eigenvalue weighted by Gasteiger charge is 2.35. The third-order valence-electron chi connectivity index (χ3n) is 3.18. The lowest BCUT2D eigenvalue weighted by molar-refractivity contribution is -0.162. The molecule has 0 aromatic heterocycles. The third kappa shape index (κ3) is 4.17. The zero-order valence-electron chi connectivity index (χ0n) is 10.8. The van der Waals surface area contributed by atoms with E-state index in [9.17, 15) is 18.0 Å². The largest absolute Gasteiger partial charge is 0.440 e. The number of hydrogen-bond acceptors (Lipinski definition) is 2. The van der Waals surface area contributed by atoms with Gasteiger partial charge in [-0.3, -0.25) is 0 Å². The van der Waals surface area contributed by atoms with Gasteiger partial charge in [-0.2, -0.15) is 13.2 Å². The van der Waals surface area contributed by atoms with Gasteiger partial charge in [-0.1, -0.05) is 29.3 Å². The molecule has 0 bridgehead atoms. The number of halogens is 5. The Bertz CT molecular complexity index is 537. The Labute approximate surface area is 129 Å². The molecule has 1 aromatic rings. The van der Waals surface area contributed by atoms with Gasteiger partial charge in [0.2, 0.25) is 0 Å². The molecule has 1 atom stereocenters. The maximum absolute atomic E-state index is 12.1. The molecule has 0 spiro atoms. The van der Waals surface area contributed by atoms with Gasteiger partial charge in [0.1, 0.15) is 0 Å². The minimum Gasteiger partial charge on any atom is -0.440 e. The van der Waals surface area contributed by atoms with E-state index in [1.165, 1.54) is 4.90 Å². The molecule has 1 amide bonds. The molecule has 1 unspecified atom stereocenters. The number of likely N-dealkylation sites (tertiary alicyclic amines) is 1. The molecule has 1 saturated heterocycles. The van der Waals surface area contributed by atoms with Crippen LogP contribution in [0.4, 0.5) is 18.0 Å². The summed E-state index contributed by atoms with van der Waals surface area (Å²) in [5, 5.41) is 0.717. The van der Waals surface area contributed by atoms with Gasteiger partial charge >= 0.3 is 12.3 Å². The van der Waals surface area contributed by atoms with Crippen LogP contribution in [0.15, 0.2) is 18.2 Å². The first-order valence-corrected chi connectivity index (χ1v) is 6.98. The third-order valence-corrected chi connectivity index (χ3v) is 3.91. The Balaban J connectivity index is 2.09. The lowest BCUT2D eigenvalue weighted by Crippen LogP contribution is -2.33. The van der Waals surface area contributed by atoms with Crippen molar-refractivity contribution in [3.8, 4) is 0 Å². The van der Waals surface area contributed by atoms with Crippen LogP contribution in [0.5, 0.6) is 0 Å². The average molecular weight is 342 g/mol. The van der Waals surface area contributed by atoms with Crippen molar-refractivity contribution in [2.75, 3.05) is 13.2 Å². The van der Waals surface area contributed by atoms with Crippen molar-refractivity contribution in [1.29, 1.82) is 0 Å². The van der Waals surface area contributed by atoms with Crippen molar-refractivity contribution < 1.29 is 22.7 Å². The Morgan fingerprint density at radius 2 is 2.05 bits per heavy atom. The van der Waals surface area contributed by atoms with Gasteiger partial charge in [0.05, 0.1) is 16.1 Å². The summed E-state index contributed by atoms with van der Waals surface area (Å²) >= 11 is 11.7. The summed E-state index contributed by atoms with van der Waals surface area (Å²) in [4.78, 5) is 13.1. The molecule has 0 radical (unpaired) electrons. The molecule has 2 rings (SSSR count). The van der Waals surface area contributed by atoms with E-state index in [0.29, 0.717) is 29.4 Å². The number of rotatable bonds is 2. The Morgan fingerprint density at radius 3 is 2.67 bits per heavy atom. The van der Waals surface area contributed by atoms with Crippen LogP contribution in [-0.2, 0) is 4.74 Å². The highest BCUT2D eigenvalue weighted by atomic mass is 35.5. The number of alkyl halides is 3. The number of amides is 1. The van der Waals surface area contributed by atoms with Crippen LogP contribution in [0.3, 0.4) is 0 Å². The van der Waals surface area contributed by atoms with Crippen LogP contribution < -0.4 is 0 Å². The monoisotopic (exact) mass is 341 g/mol. The number of benzene rings is 1. The normalized spacial score (nSPS) is 18.9. The summed E-state index contributed by atoms with van der Waals surface area (Å²) in [6.45, 7) is -1.24. The highest BCUT2D eigenvalue weighted by molar-refractivity contribution is 6.42. The van der Waals surface area contributed by atoms with Crippen LogP contribution in [0, 0.1) is 0 Å². The smallest absolute Gasteiger partial charge is 0.422 e. The molecular formula is C13H12Cl2F3NO2. The van der Waals surface area contributed by atoms with Crippen LogP contribution in [0.2, 0.25) is 10.0 Å². The van der Waals surface area contributed by atoms with E-state index in [1.807, 2.05) is 0 Å². The summed E-state index contributed by atoms with van der Waals surface area (Å²) in [6, 6.07) is 4.56. The topological polar surface area (TPSA) is 29.5 Å². The van der Waals surface area contributed by atoms with E-state index in [2.05, 4.69) is 4.74 Å². The molecule has 1 aromatic carbocycles. The van der Waals surface area contributed by atoms with E-state index in [0.717, 1.165) is 5.56 Å². The first kappa shape index (κ1) is 16.2. The number of carbonyl (C=O) groups excluding carboxylic acids is 1. The van der Waals surface area contributed by atoms with E-state index in [4.69, 9.17) is 23.2 Å². The lowest BCUT2D eigenvalue weighted by Gasteiger charge is -2.25. The number of ether oxygens (including phenoxy) is 1. The second-order valence-corrected chi connectivity index (χ2v) is 5.51. The number of nitrogens with zero attached hydrogens (tertiary/aromatic N) is 1. The Kier molecular flexibility index (Phi) is 4.88. The Morgan fingerprint density at radius 1 is 1.33 bits per heavy atom. The van der Waals surface area contributed by atoms with Crippen molar-refractivity contribution in [2.24, 2.45) is 0 Å². The van der Waals surface area contributed by atoms with E-state index in [1.54, 1.807) is 18.2 Å². The molecule has 1 fully saturated rings. The van der Waals surface area contributed by atoms with Crippen molar-refractivity contribution in [3.63, 3.8) is 0 Å². The van der Waals surface area contributed by atoms with Gasteiger partial charge in [0, 0.05) is 6.54 Å². The molecular weight excluding hydrogens is 330 g/mol. The molecule has 21 heavy (non-hydrogen) atoms. The lowest BCUT2D eigenvalue weighted by atomic mass is 10.1. The molecule has 1 heterocycles. The Hall–Kier alpha value is -1.14.